The van der Waals surface area contributed by atoms with Gasteiger partial charge in [0.1, 0.15) is 35.1 Å². The molecule has 0 heterocycles. The number of hydrogen-bond donors (Lipinski definition) is 0. The average molecular weight is 647 g/mol. The molecule has 0 bridgehead atoms. The lowest BCUT2D eigenvalue weighted by atomic mass is 9.91. The lowest BCUT2D eigenvalue weighted by Crippen LogP contribution is -1.95. The molecule has 6 nitrogen and oxygen atoms in total. The van der Waals surface area contributed by atoms with Crippen LogP contribution in [0.15, 0.2) is 158 Å². The van der Waals surface area contributed by atoms with Crippen molar-refractivity contribution in [1.29, 1.82) is 10.5 Å². The summed E-state index contributed by atoms with van der Waals surface area (Å²) in [5, 5.41) is 24.9. The minimum Gasteiger partial charge on any atom is -0.453 e. The van der Waals surface area contributed by atoms with E-state index in [0.717, 1.165) is 32.3 Å². The van der Waals surface area contributed by atoms with Gasteiger partial charge in [0, 0.05) is 0 Å². The number of nitriles is 2. The Morgan fingerprint density at radius 1 is 0.300 bits per heavy atom. The number of fused-ring (bicyclic) bond motifs is 6. The van der Waals surface area contributed by atoms with Crippen molar-refractivity contribution >= 4 is 32.3 Å². The van der Waals surface area contributed by atoms with Crippen LogP contribution in [0.3, 0.4) is 0 Å². The lowest BCUT2D eigenvalue weighted by Gasteiger charge is -2.19. The summed E-state index contributed by atoms with van der Waals surface area (Å²) < 4.78 is 25.9. The van der Waals surface area contributed by atoms with E-state index in [-0.39, 0.29) is 11.1 Å². The van der Waals surface area contributed by atoms with Crippen LogP contribution in [0.25, 0.3) is 32.3 Å². The number of para-hydroxylation sites is 4. The second kappa shape index (κ2) is 13.1. The zero-order valence-electron chi connectivity index (χ0n) is 26.5. The van der Waals surface area contributed by atoms with Crippen LogP contribution < -0.4 is 18.9 Å². The summed E-state index contributed by atoms with van der Waals surface area (Å²) in [6.45, 7) is 0. The predicted octanol–water partition coefficient (Wildman–Crippen LogP) is 12.1. The van der Waals surface area contributed by atoms with Gasteiger partial charge in [-0.3, -0.25) is 0 Å². The van der Waals surface area contributed by atoms with Gasteiger partial charge in [-0.25, -0.2) is 0 Å². The smallest absolute Gasteiger partial charge is 0.170 e. The third-order valence-electron chi connectivity index (χ3n) is 8.32. The van der Waals surface area contributed by atoms with E-state index in [1.54, 1.807) is 12.1 Å². The molecule has 8 aromatic rings. The molecule has 0 aliphatic rings. The van der Waals surface area contributed by atoms with Crippen LogP contribution in [-0.4, -0.2) is 0 Å². The third kappa shape index (κ3) is 5.86. The molecule has 236 valence electrons. The van der Waals surface area contributed by atoms with Gasteiger partial charge in [0.15, 0.2) is 23.0 Å². The molecule has 0 radical (unpaired) electrons. The van der Waals surface area contributed by atoms with Gasteiger partial charge in [0.2, 0.25) is 0 Å². The molecule has 0 unspecified atom stereocenters. The molecule has 8 aromatic carbocycles. The van der Waals surface area contributed by atoms with Crippen molar-refractivity contribution in [3.05, 3.63) is 169 Å². The largest absolute Gasteiger partial charge is 0.453 e. The molecule has 8 rings (SSSR count). The van der Waals surface area contributed by atoms with E-state index in [0.29, 0.717) is 46.0 Å². The first kappa shape index (κ1) is 30.1. The quantitative estimate of drug-likeness (QED) is 0.153. The van der Waals surface area contributed by atoms with Crippen molar-refractivity contribution in [2.24, 2.45) is 0 Å². The van der Waals surface area contributed by atoms with Crippen LogP contribution in [0, 0.1) is 22.7 Å². The summed E-state index contributed by atoms with van der Waals surface area (Å²) in [5.41, 5.74) is 0.557. The second-order valence-electron chi connectivity index (χ2n) is 11.5. The molecule has 0 aromatic heterocycles. The van der Waals surface area contributed by atoms with E-state index in [4.69, 9.17) is 18.9 Å². The molecular weight excluding hydrogens is 620 g/mol. The van der Waals surface area contributed by atoms with Crippen LogP contribution in [-0.2, 0) is 0 Å². The van der Waals surface area contributed by atoms with Crippen molar-refractivity contribution < 1.29 is 18.9 Å². The predicted molar refractivity (Wildman–Crippen MR) is 194 cm³/mol. The Morgan fingerprint density at radius 2 is 0.520 bits per heavy atom. The minimum absolute atomic E-state index is 0.278. The second-order valence-corrected chi connectivity index (χ2v) is 11.5. The van der Waals surface area contributed by atoms with Gasteiger partial charge < -0.3 is 18.9 Å². The van der Waals surface area contributed by atoms with E-state index < -0.39 is 0 Å². The fourth-order valence-corrected chi connectivity index (χ4v) is 6.02. The van der Waals surface area contributed by atoms with Crippen LogP contribution in [0.4, 0.5) is 0 Å². The van der Waals surface area contributed by atoms with Gasteiger partial charge in [-0.05, 0) is 117 Å². The standard InChI is InChI=1S/C44H26N2O4/c45-27-29-21-35-36(22-30(29)28-46)38-24-42(48-32-15-7-2-8-16-32)44(50-34-19-11-4-12-20-34)26-40(38)39-25-43(49-33-17-9-3-10-18-33)41(23-37(35)39)47-31-13-5-1-6-14-31/h1-26H. The van der Waals surface area contributed by atoms with Gasteiger partial charge in [0.25, 0.3) is 0 Å². The molecule has 0 amide bonds. The summed E-state index contributed by atoms with van der Waals surface area (Å²) in [4.78, 5) is 0. The van der Waals surface area contributed by atoms with Crippen LogP contribution in [0.1, 0.15) is 11.1 Å². The van der Waals surface area contributed by atoms with E-state index >= 15 is 0 Å². The highest BCUT2D eigenvalue weighted by molar-refractivity contribution is 6.26. The summed E-state index contributed by atoms with van der Waals surface area (Å²) in [6.07, 6.45) is 0. The van der Waals surface area contributed by atoms with Crippen LogP contribution >= 0.6 is 0 Å². The molecule has 0 aliphatic carbocycles. The van der Waals surface area contributed by atoms with Crippen LogP contribution in [0.2, 0.25) is 0 Å². The first-order valence-electron chi connectivity index (χ1n) is 15.9. The molecule has 50 heavy (non-hydrogen) atoms. The Labute approximate surface area is 288 Å². The summed E-state index contributed by atoms with van der Waals surface area (Å²) in [7, 11) is 0. The molecule has 0 spiro atoms. The van der Waals surface area contributed by atoms with Gasteiger partial charge in [0.05, 0.1) is 11.1 Å². The monoisotopic (exact) mass is 646 g/mol. The summed E-state index contributed by atoms with van der Waals surface area (Å²) in [6, 6.07) is 53.8. The van der Waals surface area contributed by atoms with Crippen molar-refractivity contribution in [3.63, 3.8) is 0 Å². The zero-order valence-corrected chi connectivity index (χ0v) is 26.5. The van der Waals surface area contributed by atoms with Crippen molar-refractivity contribution in [1.82, 2.24) is 0 Å². The van der Waals surface area contributed by atoms with Gasteiger partial charge in [-0.1, -0.05) is 72.8 Å². The van der Waals surface area contributed by atoms with Crippen molar-refractivity contribution in [2.45, 2.75) is 0 Å². The molecule has 0 atom stereocenters. The Kier molecular flexibility index (Phi) is 7.87. The number of nitrogens with zero attached hydrogens (tertiary/aromatic N) is 2. The molecule has 0 fully saturated rings. The lowest BCUT2D eigenvalue weighted by molar-refractivity contribution is 0.419. The third-order valence-corrected chi connectivity index (χ3v) is 8.32. The SMILES string of the molecule is N#Cc1cc2c(cc1C#N)c1cc(Oc3ccccc3)c(Oc3ccccc3)cc1c1cc(Oc3ccccc3)c(Oc3ccccc3)cc21. The van der Waals surface area contributed by atoms with Crippen molar-refractivity contribution in [2.75, 3.05) is 0 Å². The highest BCUT2D eigenvalue weighted by Gasteiger charge is 2.20. The first-order valence-corrected chi connectivity index (χ1v) is 15.9. The summed E-state index contributed by atoms with van der Waals surface area (Å²) in [5.74, 6) is 4.54. The number of rotatable bonds is 8. The number of benzene rings is 8. The molecular formula is C44H26N2O4. The molecule has 0 aliphatic heterocycles. The molecule has 6 heteroatoms. The normalized spacial score (nSPS) is 10.8. The molecule has 0 saturated heterocycles. The Balaban J connectivity index is 1.46. The highest BCUT2D eigenvalue weighted by Crippen LogP contribution is 2.47. The fourth-order valence-electron chi connectivity index (χ4n) is 6.02. The van der Waals surface area contributed by atoms with E-state index in [9.17, 15) is 10.5 Å². The highest BCUT2D eigenvalue weighted by atomic mass is 16.5. The number of ether oxygens (including phenoxy) is 4. The average Bonchev–Trinajstić information content (AvgIpc) is 3.17. The van der Waals surface area contributed by atoms with Crippen molar-refractivity contribution in [3.8, 4) is 58.1 Å². The zero-order chi connectivity index (χ0) is 33.9. The topological polar surface area (TPSA) is 84.5 Å². The van der Waals surface area contributed by atoms with E-state index in [1.807, 2.05) is 146 Å². The van der Waals surface area contributed by atoms with Gasteiger partial charge in [-0.2, -0.15) is 10.5 Å². The molecule has 0 N–H and O–H groups in total. The van der Waals surface area contributed by atoms with Gasteiger partial charge in [-0.15, -0.1) is 0 Å². The maximum Gasteiger partial charge on any atom is 0.170 e. The Hall–Kier alpha value is -7.28. The Bertz CT molecular complexity index is 2410. The molecule has 0 saturated carbocycles. The maximum atomic E-state index is 10.1. The maximum absolute atomic E-state index is 10.1. The summed E-state index contributed by atoms with van der Waals surface area (Å²) >= 11 is 0. The van der Waals surface area contributed by atoms with Gasteiger partial charge >= 0.3 is 0 Å². The Morgan fingerprint density at radius 3 is 0.740 bits per heavy atom. The van der Waals surface area contributed by atoms with Crippen LogP contribution in [0.5, 0.6) is 46.0 Å². The number of hydrogen-bond acceptors (Lipinski definition) is 6. The fraction of sp³-hybridized carbons (Fsp3) is 0. The minimum atomic E-state index is 0.278. The van der Waals surface area contributed by atoms with E-state index in [1.165, 1.54) is 0 Å². The van der Waals surface area contributed by atoms with E-state index in [2.05, 4.69) is 12.1 Å². The first-order chi connectivity index (χ1) is 24.7.